The van der Waals surface area contributed by atoms with Gasteiger partial charge in [0, 0.05) is 44.1 Å². The second kappa shape index (κ2) is 9.25. The number of amides is 2. The normalized spacial score (nSPS) is 16.6. The fourth-order valence-corrected chi connectivity index (χ4v) is 4.76. The smallest absolute Gasteiger partial charge is 0.321 e. The summed E-state index contributed by atoms with van der Waals surface area (Å²) in [6.45, 7) is 10.5. The van der Waals surface area contributed by atoms with Crippen molar-refractivity contribution in [2.45, 2.75) is 39.5 Å². The molecule has 0 radical (unpaired) electrons. The molecular formula is C26H32FN5O2. The number of likely N-dealkylation sites (tertiary alicyclic amines) is 1. The minimum Gasteiger partial charge on any atom is -0.378 e. The van der Waals surface area contributed by atoms with Gasteiger partial charge in [0.15, 0.2) is 5.65 Å². The molecule has 8 heteroatoms. The van der Waals surface area contributed by atoms with Crippen LogP contribution in [0.3, 0.4) is 0 Å². The van der Waals surface area contributed by atoms with Gasteiger partial charge in [0.1, 0.15) is 5.82 Å². The van der Waals surface area contributed by atoms with Gasteiger partial charge in [0.25, 0.3) is 0 Å². The van der Waals surface area contributed by atoms with Crippen molar-refractivity contribution in [1.82, 2.24) is 14.3 Å². The zero-order valence-electron chi connectivity index (χ0n) is 20.1. The van der Waals surface area contributed by atoms with Gasteiger partial charge in [-0.05, 0) is 55.0 Å². The first kappa shape index (κ1) is 22.7. The Hall–Kier alpha value is -3.13. The van der Waals surface area contributed by atoms with Crippen LogP contribution >= 0.6 is 0 Å². The number of morpholine rings is 1. The van der Waals surface area contributed by atoms with Crippen LogP contribution in [0.4, 0.5) is 20.6 Å². The summed E-state index contributed by atoms with van der Waals surface area (Å²) in [6.07, 6.45) is 6.10. The molecule has 0 atom stereocenters. The molecule has 2 aliphatic rings. The first-order valence-electron chi connectivity index (χ1n) is 12.1. The number of nitrogens with one attached hydrogen (secondary N) is 1. The number of halogens is 1. The van der Waals surface area contributed by atoms with Crippen LogP contribution in [0.15, 0.2) is 30.6 Å². The SMILES string of the molecule is Cc1cc(F)c(NC(=O)N2CCCC2)cc1-c1cc(N2CCOCC2)c2nc(C(C)C)cn2c1. The summed E-state index contributed by atoms with van der Waals surface area (Å²) in [7, 11) is 0. The third-order valence-corrected chi connectivity index (χ3v) is 6.75. The summed E-state index contributed by atoms with van der Waals surface area (Å²) in [6, 6.07) is 5.14. The molecule has 1 N–H and O–H groups in total. The Bertz CT molecular complexity index is 1210. The molecule has 7 nitrogen and oxygen atoms in total. The third-order valence-electron chi connectivity index (χ3n) is 6.75. The number of hydrogen-bond donors (Lipinski definition) is 1. The highest BCUT2D eigenvalue weighted by molar-refractivity contribution is 5.91. The van der Waals surface area contributed by atoms with E-state index in [-0.39, 0.29) is 11.7 Å². The predicted molar refractivity (Wildman–Crippen MR) is 132 cm³/mol. The number of fused-ring (bicyclic) bond motifs is 1. The van der Waals surface area contributed by atoms with Crippen molar-refractivity contribution in [2.24, 2.45) is 0 Å². The van der Waals surface area contributed by atoms with Crippen LogP contribution in [-0.4, -0.2) is 59.7 Å². The molecule has 2 amide bonds. The van der Waals surface area contributed by atoms with Crippen molar-refractivity contribution in [3.63, 3.8) is 0 Å². The molecule has 2 aromatic heterocycles. The third kappa shape index (κ3) is 4.34. The number of nitrogens with zero attached hydrogens (tertiary/aromatic N) is 4. The Morgan fingerprint density at radius 2 is 1.82 bits per heavy atom. The molecule has 0 spiro atoms. The Kier molecular flexibility index (Phi) is 6.16. The van der Waals surface area contributed by atoms with Gasteiger partial charge in [-0.2, -0.15) is 0 Å². The minimum atomic E-state index is -0.423. The van der Waals surface area contributed by atoms with Crippen molar-refractivity contribution < 1.29 is 13.9 Å². The van der Waals surface area contributed by atoms with Crippen LogP contribution in [0.25, 0.3) is 16.8 Å². The number of imidazole rings is 1. The maximum atomic E-state index is 14.8. The van der Waals surface area contributed by atoms with E-state index in [1.807, 2.05) is 13.1 Å². The number of aryl methyl sites for hydroxylation is 1. The number of ether oxygens (including phenoxy) is 1. The van der Waals surface area contributed by atoms with Crippen molar-refractivity contribution in [3.05, 3.63) is 47.7 Å². The Morgan fingerprint density at radius 3 is 2.53 bits per heavy atom. The summed E-state index contributed by atoms with van der Waals surface area (Å²) in [4.78, 5) is 21.6. The molecule has 0 aliphatic carbocycles. The maximum Gasteiger partial charge on any atom is 0.321 e. The molecule has 0 bridgehead atoms. The Labute approximate surface area is 199 Å². The quantitative estimate of drug-likeness (QED) is 0.587. The lowest BCUT2D eigenvalue weighted by molar-refractivity contribution is 0.123. The largest absolute Gasteiger partial charge is 0.378 e. The summed E-state index contributed by atoms with van der Waals surface area (Å²) >= 11 is 0. The van der Waals surface area contributed by atoms with E-state index in [1.54, 1.807) is 11.0 Å². The van der Waals surface area contributed by atoms with Crippen LogP contribution in [0, 0.1) is 12.7 Å². The number of rotatable bonds is 4. The van der Waals surface area contributed by atoms with E-state index in [0.29, 0.717) is 32.2 Å². The summed E-state index contributed by atoms with van der Waals surface area (Å²) < 4.78 is 22.5. The maximum absolute atomic E-state index is 14.8. The van der Waals surface area contributed by atoms with Crippen LogP contribution in [0.5, 0.6) is 0 Å². The first-order chi connectivity index (χ1) is 16.4. The number of hydrogen-bond acceptors (Lipinski definition) is 4. The van der Waals surface area contributed by atoms with Crippen LogP contribution in [0.2, 0.25) is 0 Å². The van der Waals surface area contributed by atoms with E-state index < -0.39 is 5.82 Å². The second-order valence-corrected chi connectivity index (χ2v) is 9.54. The van der Waals surface area contributed by atoms with E-state index in [9.17, 15) is 9.18 Å². The van der Waals surface area contributed by atoms with E-state index in [1.165, 1.54) is 6.07 Å². The lowest BCUT2D eigenvalue weighted by Gasteiger charge is -2.29. The van der Waals surface area contributed by atoms with Gasteiger partial charge in [-0.3, -0.25) is 0 Å². The lowest BCUT2D eigenvalue weighted by atomic mass is 10.00. The van der Waals surface area contributed by atoms with E-state index in [2.05, 4.69) is 40.7 Å². The van der Waals surface area contributed by atoms with Crippen LogP contribution in [-0.2, 0) is 4.74 Å². The van der Waals surface area contributed by atoms with Gasteiger partial charge in [0.2, 0.25) is 0 Å². The highest BCUT2D eigenvalue weighted by atomic mass is 19.1. The highest BCUT2D eigenvalue weighted by Crippen LogP contribution is 2.34. The van der Waals surface area contributed by atoms with E-state index in [4.69, 9.17) is 9.72 Å². The lowest BCUT2D eigenvalue weighted by Crippen LogP contribution is -2.36. The van der Waals surface area contributed by atoms with Gasteiger partial charge in [0.05, 0.1) is 30.3 Å². The van der Waals surface area contributed by atoms with Crippen molar-refractivity contribution in [3.8, 4) is 11.1 Å². The zero-order valence-corrected chi connectivity index (χ0v) is 20.1. The molecule has 5 rings (SSSR count). The van der Waals surface area contributed by atoms with Gasteiger partial charge < -0.3 is 24.3 Å². The topological polar surface area (TPSA) is 62.1 Å². The number of aromatic nitrogens is 2. The molecule has 34 heavy (non-hydrogen) atoms. The zero-order chi connectivity index (χ0) is 23.8. The average Bonchev–Trinajstić information content (AvgIpc) is 3.51. The van der Waals surface area contributed by atoms with Crippen LogP contribution < -0.4 is 10.2 Å². The number of carbonyl (C=O) groups is 1. The monoisotopic (exact) mass is 465 g/mol. The van der Waals surface area contributed by atoms with Gasteiger partial charge in [-0.1, -0.05) is 13.8 Å². The molecular weight excluding hydrogens is 433 g/mol. The van der Waals surface area contributed by atoms with Crippen molar-refractivity contribution in [1.29, 1.82) is 0 Å². The number of carbonyl (C=O) groups excluding carboxylic acids is 1. The molecule has 180 valence electrons. The fourth-order valence-electron chi connectivity index (χ4n) is 4.76. The molecule has 3 aromatic rings. The molecule has 2 saturated heterocycles. The van der Waals surface area contributed by atoms with Crippen molar-refractivity contribution in [2.75, 3.05) is 49.6 Å². The molecule has 0 saturated carbocycles. The number of benzene rings is 1. The molecule has 0 unspecified atom stereocenters. The van der Waals surface area contributed by atoms with Crippen molar-refractivity contribution >= 4 is 23.1 Å². The van der Waals surface area contributed by atoms with Crippen LogP contribution in [0.1, 0.15) is 43.9 Å². The number of urea groups is 1. The fraction of sp³-hybridized carbons (Fsp3) is 0.462. The van der Waals surface area contributed by atoms with Gasteiger partial charge >= 0.3 is 6.03 Å². The summed E-state index contributed by atoms with van der Waals surface area (Å²) in [5.74, 6) is -0.117. The highest BCUT2D eigenvalue weighted by Gasteiger charge is 2.22. The second-order valence-electron chi connectivity index (χ2n) is 9.54. The predicted octanol–water partition coefficient (Wildman–Crippen LogP) is 5.04. The number of anilines is 2. The summed E-state index contributed by atoms with van der Waals surface area (Å²) in [5.41, 5.74) is 5.84. The number of pyridine rings is 1. The Morgan fingerprint density at radius 1 is 1.09 bits per heavy atom. The molecule has 2 aliphatic heterocycles. The first-order valence-corrected chi connectivity index (χ1v) is 12.1. The van der Waals surface area contributed by atoms with E-state index >= 15 is 0 Å². The van der Waals surface area contributed by atoms with Gasteiger partial charge in [-0.25, -0.2) is 14.2 Å². The minimum absolute atomic E-state index is 0.207. The molecule has 4 heterocycles. The standard InChI is InChI=1S/C26H32FN5O2/c1-17(2)23-16-32-15-19(13-24(25(32)28-23)30-8-10-34-11-9-30)20-14-22(21(27)12-18(20)3)29-26(33)31-6-4-5-7-31/h12-17H,4-11H2,1-3H3,(H,29,33). The Balaban J connectivity index is 1.58. The van der Waals surface area contributed by atoms with Gasteiger partial charge in [-0.15, -0.1) is 0 Å². The summed E-state index contributed by atoms with van der Waals surface area (Å²) in [5, 5.41) is 2.79. The molecule has 1 aromatic carbocycles. The average molecular weight is 466 g/mol. The van der Waals surface area contributed by atoms with E-state index in [0.717, 1.165) is 59.7 Å². The molecule has 2 fully saturated rings.